The Kier molecular flexibility index (Phi) is 8.22. The number of hydrogen-bond acceptors (Lipinski definition) is 6. The monoisotopic (exact) mass is 569 g/mol. The number of thioether (sulfide) groups is 1. The summed E-state index contributed by atoms with van der Waals surface area (Å²) in [6.07, 6.45) is 0. The molecule has 0 atom stereocenters. The number of methoxy groups -OCH3 is 1. The fourth-order valence-corrected chi connectivity index (χ4v) is 4.47. The topological polar surface area (TPSA) is 81.4 Å². The van der Waals surface area contributed by atoms with E-state index in [9.17, 15) is 4.79 Å². The minimum atomic E-state index is -0.249. The van der Waals surface area contributed by atoms with Gasteiger partial charge >= 0.3 is 0 Å². The Morgan fingerprint density at radius 2 is 1.86 bits per heavy atom. The Labute approximate surface area is 220 Å². The Bertz CT molecular complexity index is 1360. The summed E-state index contributed by atoms with van der Waals surface area (Å²) in [6, 6.07) is 22.6. The second-order valence-corrected chi connectivity index (χ2v) is 9.67. The van der Waals surface area contributed by atoms with Gasteiger partial charge in [-0.3, -0.25) is 9.36 Å². The zero-order chi connectivity index (χ0) is 24.8. The van der Waals surface area contributed by atoms with Crippen molar-refractivity contribution in [3.8, 4) is 22.8 Å². The first-order chi connectivity index (χ1) is 16.9. The summed E-state index contributed by atoms with van der Waals surface area (Å²) in [7, 11) is 1.62. The van der Waals surface area contributed by atoms with Crippen molar-refractivity contribution in [2.45, 2.75) is 12.1 Å². The van der Waals surface area contributed by atoms with Crippen molar-refractivity contribution in [1.29, 1.82) is 0 Å². The molecule has 3 aromatic carbocycles. The average molecular weight is 571 g/mol. The largest absolute Gasteiger partial charge is 0.497 e. The molecule has 10 heteroatoms. The van der Waals surface area contributed by atoms with Gasteiger partial charge in [0, 0.05) is 20.7 Å². The lowest BCUT2D eigenvalue weighted by Gasteiger charge is -2.11. The Morgan fingerprint density at radius 3 is 2.54 bits per heavy atom. The van der Waals surface area contributed by atoms with Gasteiger partial charge < -0.3 is 4.74 Å². The Balaban J connectivity index is 1.54. The number of ether oxygens (including phenoxy) is 1. The van der Waals surface area contributed by atoms with Gasteiger partial charge in [0.25, 0.3) is 5.91 Å². The molecule has 0 aliphatic heterocycles. The second kappa shape index (κ2) is 11.5. The molecule has 0 radical (unpaired) electrons. The van der Waals surface area contributed by atoms with Gasteiger partial charge in [-0.25, -0.2) is 5.43 Å². The van der Waals surface area contributed by atoms with Gasteiger partial charge in [-0.05, 0) is 73.2 Å². The molecule has 0 saturated carbocycles. The molecule has 1 aromatic heterocycles. The van der Waals surface area contributed by atoms with E-state index in [2.05, 4.69) is 36.7 Å². The van der Waals surface area contributed by atoms with Crippen molar-refractivity contribution in [3.63, 3.8) is 0 Å². The summed E-state index contributed by atoms with van der Waals surface area (Å²) in [5.74, 6) is 1.25. The van der Waals surface area contributed by atoms with Crippen molar-refractivity contribution in [3.05, 3.63) is 87.9 Å². The third kappa shape index (κ3) is 6.30. The highest BCUT2D eigenvalue weighted by Crippen LogP contribution is 2.29. The van der Waals surface area contributed by atoms with Gasteiger partial charge in [0.2, 0.25) is 0 Å². The number of benzene rings is 3. The minimum absolute atomic E-state index is 0.115. The highest BCUT2D eigenvalue weighted by atomic mass is 79.9. The lowest BCUT2D eigenvalue weighted by molar-refractivity contribution is -0.118. The normalized spacial score (nSPS) is 11.4. The molecule has 7 nitrogen and oxygen atoms in total. The molecule has 4 aromatic rings. The van der Waals surface area contributed by atoms with Gasteiger partial charge in [-0.2, -0.15) is 5.10 Å². The number of nitrogens with zero attached hydrogens (tertiary/aromatic N) is 4. The minimum Gasteiger partial charge on any atom is -0.497 e. The molecule has 0 aliphatic rings. The van der Waals surface area contributed by atoms with E-state index < -0.39 is 0 Å². The number of halogens is 2. The summed E-state index contributed by atoms with van der Waals surface area (Å²) in [5, 5.41) is 14.2. The van der Waals surface area contributed by atoms with Crippen LogP contribution in [0.15, 0.2) is 87.5 Å². The van der Waals surface area contributed by atoms with E-state index in [0.717, 1.165) is 27.0 Å². The molecule has 4 rings (SSSR count). The maximum Gasteiger partial charge on any atom is 0.250 e. The standard InChI is InChI=1S/C25H21BrClN5O2S/c1-16(18-4-3-5-19(26)14-18)28-29-23(33)15-35-25-31-30-24(17-6-12-22(34-2)13-7-17)32(25)21-10-8-20(27)9-11-21/h3-14H,15H2,1-2H3,(H,29,33)/b28-16+. The fraction of sp³-hybridized carbons (Fsp3) is 0.120. The molecule has 0 bridgehead atoms. The molecular weight excluding hydrogens is 550 g/mol. The molecule has 0 aliphatic carbocycles. The summed E-state index contributed by atoms with van der Waals surface area (Å²) < 4.78 is 8.10. The van der Waals surface area contributed by atoms with Crippen LogP contribution in [0, 0.1) is 0 Å². The van der Waals surface area contributed by atoms with Crippen LogP contribution in [0.2, 0.25) is 5.02 Å². The van der Waals surface area contributed by atoms with Gasteiger partial charge in [0.15, 0.2) is 11.0 Å². The number of rotatable bonds is 8. The molecular formula is C25H21BrClN5O2S. The zero-order valence-corrected chi connectivity index (χ0v) is 22.1. The van der Waals surface area contributed by atoms with Crippen LogP contribution in [-0.4, -0.2) is 39.2 Å². The summed E-state index contributed by atoms with van der Waals surface area (Å²) in [4.78, 5) is 12.5. The van der Waals surface area contributed by atoms with Gasteiger partial charge in [-0.15, -0.1) is 10.2 Å². The van der Waals surface area contributed by atoms with Crippen molar-refractivity contribution < 1.29 is 9.53 Å². The molecule has 1 amide bonds. The quantitative estimate of drug-likeness (QED) is 0.160. The molecule has 1 heterocycles. The average Bonchev–Trinajstić information content (AvgIpc) is 3.30. The van der Waals surface area contributed by atoms with E-state index in [1.54, 1.807) is 19.2 Å². The number of carbonyl (C=O) groups excluding carboxylic acids is 1. The van der Waals surface area contributed by atoms with Gasteiger partial charge in [-0.1, -0.05) is 51.4 Å². The van der Waals surface area contributed by atoms with E-state index in [1.165, 1.54) is 11.8 Å². The lowest BCUT2D eigenvalue weighted by Crippen LogP contribution is -2.21. The van der Waals surface area contributed by atoms with Crippen LogP contribution < -0.4 is 10.2 Å². The van der Waals surface area contributed by atoms with E-state index in [1.807, 2.05) is 72.2 Å². The molecule has 35 heavy (non-hydrogen) atoms. The third-order valence-electron chi connectivity index (χ3n) is 4.99. The summed E-state index contributed by atoms with van der Waals surface area (Å²) in [5.41, 5.74) is 5.92. The molecule has 0 spiro atoms. The number of hydrazone groups is 1. The maximum atomic E-state index is 12.5. The molecule has 0 unspecified atom stereocenters. The van der Waals surface area contributed by atoms with E-state index in [-0.39, 0.29) is 11.7 Å². The number of amides is 1. The molecule has 0 saturated heterocycles. The smallest absolute Gasteiger partial charge is 0.250 e. The first-order valence-corrected chi connectivity index (χ1v) is 12.7. The highest BCUT2D eigenvalue weighted by molar-refractivity contribution is 9.10. The number of hydrogen-bond donors (Lipinski definition) is 1. The summed E-state index contributed by atoms with van der Waals surface area (Å²) in [6.45, 7) is 1.84. The van der Waals surface area contributed by atoms with E-state index in [4.69, 9.17) is 16.3 Å². The Hall–Kier alpha value is -3.14. The predicted octanol–water partition coefficient (Wildman–Crippen LogP) is 5.99. The fourth-order valence-electron chi connectivity index (χ4n) is 3.20. The summed E-state index contributed by atoms with van der Waals surface area (Å²) >= 11 is 10.8. The molecule has 1 N–H and O–H groups in total. The second-order valence-electron chi connectivity index (χ2n) is 7.38. The third-order valence-corrected chi connectivity index (χ3v) is 6.66. The zero-order valence-electron chi connectivity index (χ0n) is 18.9. The Morgan fingerprint density at radius 1 is 1.11 bits per heavy atom. The van der Waals surface area contributed by atoms with Crippen molar-refractivity contribution in [2.75, 3.05) is 12.9 Å². The van der Waals surface area contributed by atoms with Gasteiger partial charge in [0.05, 0.1) is 18.6 Å². The van der Waals surface area contributed by atoms with Crippen LogP contribution in [0.3, 0.4) is 0 Å². The molecule has 0 fully saturated rings. The van der Waals surface area contributed by atoms with Crippen molar-refractivity contribution >= 4 is 50.9 Å². The SMILES string of the molecule is COc1ccc(-c2nnc(SCC(=O)N/N=C(\C)c3cccc(Br)c3)n2-c2ccc(Cl)cc2)cc1. The van der Waals surface area contributed by atoms with Crippen LogP contribution in [-0.2, 0) is 4.79 Å². The lowest BCUT2D eigenvalue weighted by atomic mass is 10.1. The van der Waals surface area contributed by atoms with E-state index >= 15 is 0 Å². The number of aromatic nitrogens is 3. The van der Waals surface area contributed by atoms with Crippen LogP contribution in [0.25, 0.3) is 17.1 Å². The van der Waals surface area contributed by atoms with Crippen molar-refractivity contribution in [1.82, 2.24) is 20.2 Å². The van der Waals surface area contributed by atoms with Crippen LogP contribution in [0.5, 0.6) is 5.75 Å². The van der Waals surface area contributed by atoms with E-state index in [0.29, 0.717) is 21.7 Å². The first-order valence-electron chi connectivity index (χ1n) is 10.5. The van der Waals surface area contributed by atoms with Crippen LogP contribution >= 0.6 is 39.3 Å². The predicted molar refractivity (Wildman–Crippen MR) is 144 cm³/mol. The highest BCUT2D eigenvalue weighted by Gasteiger charge is 2.17. The van der Waals surface area contributed by atoms with Crippen LogP contribution in [0.1, 0.15) is 12.5 Å². The number of carbonyl (C=O) groups is 1. The van der Waals surface area contributed by atoms with Crippen LogP contribution in [0.4, 0.5) is 0 Å². The van der Waals surface area contributed by atoms with Gasteiger partial charge in [0.1, 0.15) is 5.75 Å². The van der Waals surface area contributed by atoms with Crippen molar-refractivity contribution in [2.24, 2.45) is 5.10 Å². The number of nitrogens with one attached hydrogen (secondary N) is 1. The molecule has 178 valence electrons. The first kappa shape index (κ1) is 25.0. The maximum absolute atomic E-state index is 12.5.